The number of hydrogen-bond acceptors (Lipinski definition) is 4. The molecule has 142 valence electrons. The van der Waals surface area contributed by atoms with Crippen molar-refractivity contribution in [2.45, 2.75) is 25.8 Å². The average molecular weight is 375 g/mol. The minimum absolute atomic E-state index is 0.0848. The fourth-order valence-corrected chi connectivity index (χ4v) is 3.36. The van der Waals surface area contributed by atoms with Crippen molar-refractivity contribution < 1.29 is 9.59 Å². The summed E-state index contributed by atoms with van der Waals surface area (Å²) >= 11 is 0. The van der Waals surface area contributed by atoms with Crippen molar-refractivity contribution in [3.05, 3.63) is 72.3 Å². The standard InChI is InChI=1S/C21H21N5O2/c1-15(26-14-22-13-23-26)21(28)24-18-8-6-16(7-9-18)12-20(27)25-11-10-17-4-2-3-5-19(17)25/h2-9,13-15H,10-12H2,1H3,(H,24,28)/t15-/m1/s1. The molecule has 0 saturated carbocycles. The predicted molar refractivity (Wildman–Crippen MR) is 106 cm³/mol. The van der Waals surface area contributed by atoms with E-state index in [1.165, 1.54) is 22.9 Å². The van der Waals surface area contributed by atoms with Crippen LogP contribution in [0.15, 0.2) is 61.2 Å². The number of carbonyl (C=O) groups is 2. The summed E-state index contributed by atoms with van der Waals surface area (Å²) in [4.78, 5) is 30.7. The number of para-hydroxylation sites is 1. The Labute approximate surface area is 163 Å². The summed E-state index contributed by atoms with van der Waals surface area (Å²) in [7, 11) is 0. The van der Waals surface area contributed by atoms with Crippen molar-refractivity contribution in [2.24, 2.45) is 0 Å². The minimum atomic E-state index is -0.459. The van der Waals surface area contributed by atoms with E-state index in [1.54, 1.807) is 6.92 Å². The summed E-state index contributed by atoms with van der Waals surface area (Å²) in [6.07, 6.45) is 4.14. The highest BCUT2D eigenvalue weighted by Crippen LogP contribution is 2.28. The van der Waals surface area contributed by atoms with Crippen molar-refractivity contribution in [1.82, 2.24) is 14.8 Å². The topological polar surface area (TPSA) is 80.1 Å². The molecule has 3 aromatic rings. The Morgan fingerprint density at radius 1 is 1.14 bits per heavy atom. The molecule has 4 rings (SSSR count). The molecule has 0 bridgehead atoms. The lowest BCUT2D eigenvalue weighted by Crippen LogP contribution is -2.30. The molecule has 1 aromatic heterocycles. The van der Waals surface area contributed by atoms with Crippen LogP contribution in [-0.2, 0) is 22.4 Å². The maximum Gasteiger partial charge on any atom is 0.249 e. The molecule has 2 heterocycles. The third-order valence-electron chi connectivity index (χ3n) is 4.98. The first-order valence-corrected chi connectivity index (χ1v) is 9.24. The van der Waals surface area contributed by atoms with Gasteiger partial charge in [-0.3, -0.25) is 9.59 Å². The Balaban J connectivity index is 1.37. The summed E-state index contributed by atoms with van der Waals surface area (Å²) in [6.45, 7) is 2.48. The zero-order chi connectivity index (χ0) is 19.5. The van der Waals surface area contributed by atoms with Gasteiger partial charge >= 0.3 is 0 Å². The highest BCUT2D eigenvalue weighted by molar-refractivity contribution is 5.97. The second kappa shape index (κ2) is 7.64. The first-order valence-electron chi connectivity index (χ1n) is 9.24. The number of amides is 2. The van der Waals surface area contributed by atoms with Gasteiger partial charge in [-0.25, -0.2) is 9.67 Å². The number of nitrogens with one attached hydrogen (secondary N) is 1. The molecule has 0 radical (unpaired) electrons. The molecule has 1 aliphatic rings. The van der Waals surface area contributed by atoms with Gasteiger partial charge in [0, 0.05) is 17.9 Å². The maximum atomic E-state index is 12.7. The van der Waals surface area contributed by atoms with Gasteiger partial charge in [-0.15, -0.1) is 0 Å². The van der Waals surface area contributed by atoms with E-state index >= 15 is 0 Å². The summed E-state index contributed by atoms with van der Waals surface area (Å²) in [5.74, 6) is -0.0930. The monoisotopic (exact) mass is 375 g/mol. The normalized spacial score (nSPS) is 13.8. The lowest BCUT2D eigenvalue weighted by molar-refractivity contribution is -0.119. The number of hydrogen-bond donors (Lipinski definition) is 1. The van der Waals surface area contributed by atoms with E-state index in [9.17, 15) is 9.59 Å². The van der Waals surface area contributed by atoms with Crippen LogP contribution in [0.4, 0.5) is 11.4 Å². The van der Waals surface area contributed by atoms with Crippen molar-refractivity contribution in [2.75, 3.05) is 16.8 Å². The van der Waals surface area contributed by atoms with E-state index in [-0.39, 0.29) is 11.8 Å². The van der Waals surface area contributed by atoms with E-state index in [0.717, 1.165) is 24.2 Å². The van der Waals surface area contributed by atoms with Crippen molar-refractivity contribution in [1.29, 1.82) is 0 Å². The zero-order valence-electron chi connectivity index (χ0n) is 15.6. The van der Waals surface area contributed by atoms with Gasteiger partial charge in [0.25, 0.3) is 0 Å². The van der Waals surface area contributed by atoms with Gasteiger partial charge in [-0.1, -0.05) is 30.3 Å². The number of fused-ring (bicyclic) bond motifs is 1. The molecule has 1 atom stereocenters. The average Bonchev–Trinajstić information content (AvgIpc) is 3.39. The lowest BCUT2D eigenvalue weighted by atomic mass is 10.1. The van der Waals surface area contributed by atoms with Crippen molar-refractivity contribution >= 4 is 23.2 Å². The summed E-state index contributed by atoms with van der Waals surface area (Å²) in [5, 5.41) is 6.84. The van der Waals surface area contributed by atoms with Gasteiger partial charge in [0.1, 0.15) is 18.7 Å². The van der Waals surface area contributed by atoms with Gasteiger partial charge in [0.05, 0.1) is 6.42 Å². The highest BCUT2D eigenvalue weighted by Gasteiger charge is 2.24. The van der Waals surface area contributed by atoms with Crippen LogP contribution < -0.4 is 10.2 Å². The van der Waals surface area contributed by atoms with Crippen LogP contribution in [0.5, 0.6) is 0 Å². The molecule has 0 saturated heterocycles. The van der Waals surface area contributed by atoms with E-state index in [2.05, 4.69) is 21.5 Å². The van der Waals surface area contributed by atoms with E-state index < -0.39 is 6.04 Å². The molecule has 2 aromatic carbocycles. The van der Waals surface area contributed by atoms with Gasteiger partial charge in [-0.2, -0.15) is 5.10 Å². The van der Waals surface area contributed by atoms with Gasteiger partial charge in [0.2, 0.25) is 11.8 Å². The van der Waals surface area contributed by atoms with Crippen LogP contribution in [0.3, 0.4) is 0 Å². The Hall–Kier alpha value is -3.48. The second-order valence-electron chi connectivity index (χ2n) is 6.84. The quantitative estimate of drug-likeness (QED) is 0.743. The number of aromatic nitrogens is 3. The molecule has 7 nitrogen and oxygen atoms in total. The largest absolute Gasteiger partial charge is 0.324 e. The minimum Gasteiger partial charge on any atom is -0.324 e. The molecule has 0 unspecified atom stereocenters. The molecule has 0 spiro atoms. The fraction of sp³-hybridized carbons (Fsp3) is 0.238. The summed E-state index contributed by atoms with van der Waals surface area (Å²) in [5.41, 5.74) is 3.82. The molecular formula is C21H21N5O2. The van der Waals surface area contributed by atoms with Crippen molar-refractivity contribution in [3.63, 3.8) is 0 Å². The van der Waals surface area contributed by atoms with Crippen molar-refractivity contribution in [3.8, 4) is 0 Å². The van der Waals surface area contributed by atoms with Gasteiger partial charge in [-0.05, 0) is 42.7 Å². The molecule has 1 aliphatic heterocycles. The number of anilines is 2. The van der Waals surface area contributed by atoms with E-state index in [4.69, 9.17) is 0 Å². The van der Waals surface area contributed by atoms with Crippen LogP contribution in [0.2, 0.25) is 0 Å². The first-order chi connectivity index (χ1) is 13.6. The molecule has 1 N–H and O–H groups in total. The number of nitrogens with zero attached hydrogens (tertiary/aromatic N) is 4. The number of carbonyl (C=O) groups excluding carboxylic acids is 2. The van der Waals surface area contributed by atoms with E-state index in [0.29, 0.717) is 12.1 Å². The smallest absolute Gasteiger partial charge is 0.249 e. The SMILES string of the molecule is C[C@H](C(=O)Nc1ccc(CC(=O)N2CCc3ccccc32)cc1)n1cncn1. The van der Waals surface area contributed by atoms with E-state index in [1.807, 2.05) is 47.4 Å². The molecular weight excluding hydrogens is 354 g/mol. The fourth-order valence-electron chi connectivity index (χ4n) is 3.36. The first kappa shape index (κ1) is 17.9. The predicted octanol–water partition coefficient (Wildman–Crippen LogP) is 2.61. The third-order valence-corrected chi connectivity index (χ3v) is 4.98. The van der Waals surface area contributed by atoms with Gasteiger partial charge < -0.3 is 10.2 Å². The third kappa shape index (κ3) is 3.64. The zero-order valence-corrected chi connectivity index (χ0v) is 15.6. The molecule has 7 heteroatoms. The summed E-state index contributed by atoms with van der Waals surface area (Å²) < 4.78 is 1.50. The lowest BCUT2D eigenvalue weighted by Gasteiger charge is -2.17. The van der Waals surface area contributed by atoms with Crippen LogP contribution in [0.1, 0.15) is 24.1 Å². The van der Waals surface area contributed by atoms with Gasteiger partial charge in [0.15, 0.2) is 0 Å². The van der Waals surface area contributed by atoms with Crippen LogP contribution in [0.25, 0.3) is 0 Å². The molecule has 0 aliphatic carbocycles. The Morgan fingerprint density at radius 3 is 2.68 bits per heavy atom. The maximum absolute atomic E-state index is 12.7. The molecule has 28 heavy (non-hydrogen) atoms. The Kier molecular flexibility index (Phi) is 4.89. The Bertz CT molecular complexity index is 982. The van der Waals surface area contributed by atoms with Crippen LogP contribution >= 0.6 is 0 Å². The highest BCUT2D eigenvalue weighted by atomic mass is 16.2. The van der Waals surface area contributed by atoms with Crippen LogP contribution in [0, 0.1) is 0 Å². The second-order valence-corrected chi connectivity index (χ2v) is 6.84. The summed E-state index contributed by atoms with van der Waals surface area (Å²) in [6, 6.07) is 14.9. The Morgan fingerprint density at radius 2 is 1.93 bits per heavy atom. The number of rotatable bonds is 5. The van der Waals surface area contributed by atoms with Crippen LogP contribution in [-0.4, -0.2) is 33.1 Å². The molecule has 2 amide bonds. The number of benzene rings is 2. The molecule has 0 fully saturated rings.